The van der Waals surface area contributed by atoms with Gasteiger partial charge >= 0.3 is 0 Å². The van der Waals surface area contributed by atoms with Crippen molar-refractivity contribution >= 4 is 22.8 Å². The molecule has 1 fully saturated rings. The molecule has 210 valence electrons. The number of hydrogen-bond acceptors (Lipinski definition) is 3. The second-order valence-electron chi connectivity index (χ2n) is 14.7. The summed E-state index contributed by atoms with van der Waals surface area (Å²) in [5.41, 5.74) is 7.84. The first kappa shape index (κ1) is 27.9. The van der Waals surface area contributed by atoms with E-state index in [2.05, 4.69) is 108 Å². The van der Waals surface area contributed by atoms with E-state index < -0.39 is 0 Å². The highest BCUT2D eigenvalue weighted by Gasteiger charge is 2.53. The van der Waals surface area contributed by atoms with E-state index >= 15 is 0 Å². The van der Waals surface area contributed by atoms with Crippen LogP contribution >= 0.6 is 0 Å². The summed E-state index contributed by atoms with van der Waals surface area (Å²) in [6.45, 7) is 21.5. The molecule has 1 unspecified atom stereocenters. The second-order valence-corrected chi connectivity index (χ2v) is 14.7. The third-order valence-electron chi connectivity index (χ3n) is 10.3. The molecule has 3 aromatic rings. The molecule has 0 radical (unpaired) electrons. The van der Waals surface area contributed by atoms with E-state index in [1.807, 2.05) is 6.20 Å². The summed E-state index contributed by atoms with van der Waals surface area (Å²) < 4.78 is 2.27. The van der Waals surface area contributed by atoms with Crippen molar-refractivity contribution in [1.82, 2.24) is 9.38 Å². The summed E-state index contributed by atoms with van der Waals surface area (Å²) in [5, 5.41) is 0. The van der Waals surface area contributed by atoms with Crippen molar-refractivity contribution in [3.05, 3.63) is 59.5 Å². The topological polar surface area (TPSA) is 37.6 Å². The van der Waals surface area contributed by atoms with Crippen LogP contribution in [0.15, 0.2) is 42.7 Å². The van der Waals surface area contributed by atoms with Crippen LogP contribution in [0.2, 0.25) is 0 Å². The van der Waals surface area contributed by atoms with Gasteiger partial charge in [-0.3, -0.25) is 4.79 Å². The number of aromatic nitrogens is 2. The van der Waals surface area contributed by atoms with Gasteiger partial charge in [-0.05, 0) is 90.5 Å². The molecule has 4 heteroatoms. The molecule has 2 aromatic heterocycles. The van der Waals surface area contributed by atoms with Gasteiger partial charge in [-0.25, -0.2) is 4.98 Å². The van der Waals surface area contributed by atoms with Gasteiger partial charge in [0.25, 0.3) is 0 Å². The molecule has 2 atom stereocenters. The van der Waals surface area contributed by atoms with Crippen LogP contribution in [0, 0.1) is 35.0 Å². The zero-order chi connectivity index (χ0) is 28.3. The van der Waals surface area contributed by atoms with E-state index in [9.17, 15) is 4.79 Å². The van der Waals surface area contributed by atoms with E-state index in [1.54, 1.807) is 0 Å². The largest absolute Gasteiger partial charge is 0.339 e. The predicted molar refractivity (Wildman–Crippen MR) is 163 cm³/mol. The molecule has 2 aliphatic rings. The maximum Gasteiger partial charge on any atom is 0.139 e. The van der Waals surface area contributed by atoms with Gasteiger partial charge in [0.15, 0.2) is 0 Å². The normalized spacial score (nSPS) is 23.3. The summed E-state index contributed by atoms with van der Waals surface area (Å²) in [7, 11) is 0. The van der Waals surface area contributed by atoms with Crippen molar-refractivity contribution in [2.45, 2.75) is 100 Å². The van der Waals surface area contributed by atoms with Crippen LogP contribution in [0.25, 0.3) is 5.65 Å². The van der Waals surface area contributed by atoms with Gasteiger partial charge in [0.05, 0.1) is 11.9 Å². The van der Waals surface area contributed by atoms with Crippen LogP contribution in [0.3, 0.4) is 0 Å². The SMILES string of the molecule is CCC1(C(C)(C)C)CC(C(=O)C(C)[C@@H](c2ccc(N3CCCc4c3cnc3cc(C)cn43)cc2)C(C)(C)C)C1. The summed E-state index contributed by atoms with van der Waals surface area (Å²) in [6.07, 6.45) is 9.68. The summed E-state index contributed by atoms with van der Waals surface area (Å²) >= 11 is 0. The Labute approximate surface area is 236 Å². The van der Waals surface area contributed by atoms with Crippen molar-refractivity contribution in [3.63, 3.8) is 0 Å². The Balaban J connectivity index is 1.39. The Morgan fingerprint density at radius 1 is 1.10 bits per heavy atom. The van der Waals surface area contributed by atoms with Crippen molar-refractivity contribution in [3.8, 4) is 0 Å². The van der Waals surface area contributed by atoms with Crippen LogP contribution < -0.4 is 4.90 Å². The lowest BCUT2D eigenvalue weighted by Gasteiger charge is -2.56. The third kappa shape index (κ3) is 4.83. The predicted octanol–water partition coefficient (Wildman–Crippen LogP) is 8.91. The molecule has 39 heavy (non-hydrogen) atoms. The third-order valence-corrected chi connectivity index (χ3v) is 10.3. The molecule has 0 saturated heterocycles. The van der Waals surface area contributed by atoms with E-state index in [-0.39, 0.29) is 28.6 Å². The molecule has 0 N–H and O–H groups in total. The minimum atomic E-state index is -0.00819. The monoisotopic (exact) mass is 527 g/mol. The Morgan fingerprint density at radius 2 is 1.77 bits per heavy atom. The average molecular weight is 528 g/mol. The molecule has 0 amide bonds. The smallest absolute Gasteiger partial charge is 0.139 e. The molecule has 1 aliphatic heterocycles. The van der Waals surface area contributed by atoms with E-state index in [0.29, 0.717) is 11.2 Å². The minimum absolute atomic E-state index is 0.000789. The van der Waals surface area contributed by atoms with Crippen LogP contribution in [0.1, 0.15) is 104 Å². The van der Waals surface area contributed by atoms with E-state index in [4.69, 9.17) is 4.98 Å². The number of fused-ring (bicyclic) bond motifs is 3. The van der Waals surface area contributed by atoms with Crippen molar-refractivity contribution in [1.29, 1.82) is 0 Å². The molecule has 1 aromatic carbocycles. The fraction of sp³-hybridized carbons (Fsp3) is 0.600. The first-order valence-electron chi connectivity index (χ1n) is 15.1. The Morgan fingerprint density at radius 3 is 2.36 bits per heavy atom. The summed E-state index contributed by atoms with van der Waals surface area (Å²) in [4.78, 5) is 21.0. The zero-order valence-electron chi connectivity index (χ0n) is 25.8. The molecule has 1 aliphatic carbocycles. The molecule has 3 heterocycles. The number of ketones is 1. The highest BCUT2D eigenvalue weighted by atomic mass is 16.1. The van der Waals surface area contributed by atoms with Gasteiger partial charge < -0.3 is 9.30 Å². The minimum Gasteiger partial charge on any atom is -0.339 e. The molecule has 1 saturated carbocycles. The van der Waals surface area contributed by atoms with Crippen molar-refractivity contribution in [2.24, 2.45) is 28.1 Å². The molecule has 0 bridgehead atoms. The van der Waals surface area contributed by atoms with Crippen LogP contribution in [0.4, 0.5) is 11.4 Å². The Bertz CT molecular complexity index is 1350. The molecule has 4 nitrogen and oxygen atoms in total. The maximum atomic E-state index is 13.9. The molecular formula is C35H49N3O. The fourth-order valence-corrected chi connectivity index (χ4v) is 7.94. The molecule has 0 spiro atoms. The number of aryl methyl sites for hydroxylation is 2. The van der Waals surface area contributed by atoms with E-state index in [1.165, 1.54) is 28.2 Å². The molecular weight excluding hydrogens is 478 g/mol. The number of benzene rings is 1. The number of Topliss-reactive ketones (excluding diaryl/α,β-unsaturated/α-hetero) is 1. The molecule has 5 rings (SSSR count). The maximum absolute atomic E-state index is 13.9. The lowest BCUT2D eigenvalue weighted by molar-refractivity contribution is -0.142. The number of nitrogens with zero attached hydrogens (tertiary/aromatic N) is 3. The van der Waals surface area contributed by atoms with E-state index in [0.717, 1.165) is 44.3 Å². The van der Waals surface area contributed by atoms with Gasteiger partial charge in [0.1, 0.15) is 11.4 Å². The summed E-state index contributed by atoms with van der Waals surface area (Å²) in [5.74, 6) is 0.855. The zero-order valence-corrected chi connectivity index (χ0v) is 25.8. The quantitative estimate of drug-likeness (QED) is 0.321. The van der Waals surface area contributed by atoms with Crippen LogP contribution in [-0.4, -0.2) is 21.7 Å². The second kappa shape index (κ2) is 9.78. The Kier molecular flexibility index (Phi) is 7.01. The first-order chi connectivity index (χ1) is 18.3. The van der Waals surface area contributed by atoms with Crippen LogP contribution in [-0.2, 0) is 11.2 Å². The van der Waals surface area contributed by atoms with Crippen LogP contribution in [0.5, 0.6) is 0 Å². The lowest BCUT2D eigenvalue weighted by Crippen LogP contribution is -2.50. The fourth-order valence-electron chi connectivity index (χ4n) is 7.94. The van der Waals surface area contributed by atoms with Gasteiger partial charge in [0.2, 0.25) is 0 Å². The number of carbonyl (C=O) groups excluding carboxylic acids is 1. The standard InChI is InChI=1S/C35H49N3O/c1-10-35(34(7,8)9)19-26(20-35)32(39)24(3)31(33(4,5)6)25-13-15-27(16-14-25)37-17-11-12-28-29(37)21-36-30-18-23(2)22-38(28)30/h13-16,18,21-22,24,26,31H,10-12,17,19-20H2,1-9H3/t24?,26?,31-,35?/m0/s1. The number of anilines is 2. The average Bonchev–Trinajstić information content (AvgIpc) is 3.23. The van der Waals surface area contributed by atoms with Gasteiger partial charge in [-0.2, -0.15) is 0 Å². The number of carbonyl (C=O) groups is 1. The highest BCUT2D eigenvalue weighted by molar-refractivity contribution is 5.85. The summed E-state index contributed by atoms with van der Waals surface area (Å²) in [6, 6.07) is 11.2. The number of hydrogen-bond donors (Lipinski definition) is 0. The first-order valence-corrected chi connectivity index (χ1v) is 15.1. The van der Waals surface area contributed by atoms with Gasteiger partial charge in [0, 0.05) is 36.0 Å². The van der Waals surface area contributed by atoms with Gasteiger partial charge in [-0.15, -0.1) is 0 Å². The van der Waals surface area contributed by atoms with Gasteiger partial charge in [-0.1, -0.05) is 67.5 Å². The van der Waals surface area contributed by atoms with Crippen molar-refractivity contribution < 1.29 is 4.79 Å². The highest BCUT2D eigenvalue weighted by Crippen LogP contribution is 2.60. The van der Waals surface area contributed by atoms with Crippen molar-refractivity contribution in [2.75, 3.05) is 11.4 Å². The Hall–Kier alpha value is -2.62. The lowest BCUT2D eigenvalue weighted by atomic mass is 9.48. The number of rotatable bonds is 6.